The number of methoxy groups -OCH3 is 1. The third kappa shape index (κ3) is 4.01. The number of hydrogen-bond donors (Lipinski definition) is 1. The molecule has 114 valence electrons. The Morgan fingerprint density at radius 1 is 1.43 bits per heavy atom. The summed E-state index contributed by atoms with van der Waals surface area (Å²) in [5.41, 5.74) is 0.560. The number of nitro benzene ring substituents is 1. The number of anilines is 1. The van der Waals surface area contributed by atoms with Crippen LogP contribution in [0.3, 0.4) is 0 Å². The second kappa shape index (κ2) is 6.83. The first-order chi connectivity index (χ1) is 10.1. The van der Waals surface area contributed by atoms with Crippen LogP contribution in [0.4, 0.5) is 11.4 Å². The molecule has 0 fully saturated rings. The molecule has 0 spiro atoms. The van der Waals surface area contributed by atoms with Crippen LogP contribution in [0.15, 0.2) is 30.6 Å². The van der Waals surface area contributed by atoms with E-state index in [1.165, 1.54) is 13.2 Å². The Hall–Kier alpha value is -2.44. The Kier molecular flexibility index (Phi) is 4.86. The van der Waals surface area contributed by atoms with Crippen LogP contribution >= 0.6 is 0 Å². The summed E-state index contributed by atoms with van der Waals surface area (Å²) in [5, 5.41) is 14.2. The highest BCUT2D eigenvalue weighted by Crippen LogP contribution is 2.28. The number of nitrogens with one attached hydrogen (secondary N) is 1. The van der Waals surface area contributed by atoms with Crippen LogP contribution in [0, 0.1) is 10.1 Å². The summed E-state index contributed by atoms with van der Waals surface area (Å²) < 4.78 is 5.01. The molecule has 1 aromatic rings. The van der Waals surface area contributed by atoms with Crippen LogP contribution in [0.1, 0.15) is 6.42 Å². The molecule has 0 atom stereocenters. The van der Waals surface area contributed by atoms with E-state index in [0.717, 1.165) is 19.6 Å². The molecule has 1 aromatic carbocycles. The number of hydrogen-bond acceptors (Lipinski definition) is 6. The Balaban J connectivity index is 1.85. The average molecular weight is 292 g/mol. The van der Waals surface area contributed by atoms with E-state index in [9.17, 15) is 10.1 Å². The van der Waals surface area contributed by atoms with E-state index < -0.39 is 4.92 Å². The van der Waals surface area contributed by atoms with Crippen LogP contribution in [0.5, 0.6) is 5.75 Å². The number of ether oxygens (including phenoxy) is 1. The Morgan fingerprint density at radius 2 is 2.24 bits per heavy atom. The molecule has 1 heterocycles. The molecule has 1 aliphatic heterocycles. The topological polar surface area (TPSA) is 70.9 Å². The fourth-order valence-electron chi connectivity index (χ4n) is 2.18. The minimum atomic E-state index is -0.400. The van der Waals surface area contributed by atoms with Gasteiger partial charge in [0, 0.05) is 32.5 Å². The smallest absolute Gasteiger partial charge is 0.296 e. The quantitative estimate of drug-likeness (QED) is 0.471. The lowest BCUT2D eigenvalue weighted by molar-refractivity contribution is -0.384. The molecule has 0 aliphatic carbocycles. The van der Waals surface area contributed by atoms with Crippen molar-refractivity contribution in [3.05, 3.63) is 40.7 Å². The predicted octanol–water partition coefficient (Wildman–Crippen LogP) is 2.08. The molecule has 1 N–H and O–H groups in total. The number of benzene rings is 1. The van der Waals surface area contributed by atoms with Crippen molar-refractivity contribution in [2.75, 3.05) is 39.2 Å². The van der Waals surface area contributed by atoms with Crippen LogP contribution in [-0.2, 0) is 0 Å². The van der Waals surface area contributed by atoms with Crippen molar-refractivity contribution in [3.63, 3.8) is 0 Å². The average Bonchev–Trinajstić information content (AvgIpc) is 2.89. The number of nitro groups is 1. The lowest BCUT2D eigenvalue weighted by atomic mass is 10.2. The highest BCUT2D eigenvalue weighted by molar-refractivity contribution is 5.63. The fraction of sp³-hybridized carbons (Fsp3) is 0.429. The molecular formula is C14H20N4O3. The first-order valence-corrected chi connectivity index (χ1v) is 6.79. The molecule has 7 nitrogen and oxygen atoms in total. The van der Waals surface area contributed by atoms with Crippen LogP contribution < -0.4 is 10.1 Å². The van der Waals surface area contributed by atoms with Gasteiger partial charge < -0.3 is 19.9 Å². The molecule has 0 saturated heterocycles. The zero-order valence-electron chi connectivity index (χ0n) is 12.3. The van der Waals surface area contributed by atoms with Gasteiger partial charge in [-0.05, 0) is 18.6 Å². The zero-order chi connectivity index (χ0) is 15.2. The molecule has 21 heavy (non-hydrogen) atoms. The van der Waals surface area contributed by atoms with E-state index in [2.05, 4.69) is 21.3 Å². The highest BCUT2D eigenvalue weighted by atomic mass is 16.6. The van der Waals surface area contributed by atoms with Gasteiger partial charge in [-0.25, -0.2) is 0 Å². The van der Waals surface area contributed by atoms with E-state index in [-0.39, 0.29) is 5.69 Å². The third-order valence-corrected chi connectivity index (χ3v) is 3.28. The SMILES string of the molecule is COc1ccc(NCCCN2C=CN(C)C2)c([N+](=O)[O-])c1. The van der Waals surface area contributed by atoms with Crippen molar-refractivity contribution in [2.45, 2.75) is 6.42 Å². The van der Waals surface area contributed by atoms with E-state index in [1.807, 2.05) is 13.2 Å². The van der Waals surface area contributed by atoms with Crippen molar-refractivity contribution in [1.82, 2.24) is 9.80 Å². The minimum absolute atomic E-state index is 0.0372. The summed E-state index contributed by atoms with van der Waals surface area (Å²) in [6.45, 7) is 2.49. The number of rotatable bonds is 7. The Labute approximate surface area is 123 Å². The molecule has 0 unspecified atom stereocenters. The predicted molar refractivity (Wildman–Crippen MR) is 81.2 cm³/mol. The highest BCUT2D eigenvalue weighted by Gasteiger charge is 2.15. The second-order valence-electron chi connectivity index (χ2n) is 4.93. The lowest BCUT2D eigenvalue weighted by Crippen LogP contribution is -2.24. The van der Waals surface area contributed by atoms with Gasteiger partial charge in [-0.15, -0.1) is 0 Å². The molecule has 0 aromatic heterocycles. The van der Waals surface area contributed by atoms with E-state index in [1.54, 1.807) is 12.1 Å². The van der Waals surface area contributed by atoms with E-state index in [0.29, 0.717) is 18.0 Å². The lowest BCUT2D eigenvalue weighted by Gasteiger charge is -2.18. The van der Waals surface area contributed by atoms with Gasteiger partial charge in [0.05, 0.1) is 24.8 Å². The molecule has 0 amide bonds. The normalized spacial score (nSPS) is 13.6. The number of nitrogens with zero attached hydrogens (tertiary/aromatic N) is 3. The summed E-state index contributed by atoms with van der Waals surface area (Å²) >= 11 is 0. The monoisotopic (exact) mass is 292 g/mol. The maximum Gasteiger partial charge on any atom is 0.296 e. The fourth-order valence-corrected chi connectivity index (χ4v) is 2.18. The summed E-state index contributed by atoms with van der Waals surface area (Å²) in [5.74, 6) is 0.484. The van der Waals surface area contributed by atoms with Crippen molar-refractivity contribution >= 4 is 11.4 Å². The van der Waals surface area contributed by atoms with Gasteiger partial charge in [-0.3, -0.25) is 10.1 Å². The molecule has 1 aliphatic rings. The third-order valence-electron chi connectivity index (χ3n) is 3.28. The summed E-state index contributed by atoms with van der Waals surface area (Å²) in [6, 6.07) is 4.83. The minimum Gasteiger partial charge on any atom is -0.496 e. The Bertz CT molecular complexity index is 533. The molecule has 7 heteroatoms. The first kappa shape index (κ1) is 15.0. The van der Waals surface area contributed by atoms with Crippen LogP contribution in [0.2, 0.25) is 0 Å². The van der Waals surface area contributed by atoms with Gasteiger partial charge in [0.1, 0.15) is 11.4 Å². The van der Waals surface area contributed by atoms with Crippen molar-refractivity contribution < 1.29 is 9.66 Å². The first-order valence-electron chi connectivity index (χ1n) is 6.79. The standard InChI is InChI=1S/C14H20N4O3/c1-16-8-9-17(11-16)7-3-6-15-13-5-4-12(21-2)10-14(13)18(19)20/h4-5,8-10,15H,3,6-7,11H2,1-2H3. The molecule has 0 saturated carbocycles. The summed E-state index contributed by atoms with van der Waals surface area (Å²) in [4.78, 5) is 15.0. The Morgan fingerprint density at radius 3 is 2.86 bits per heavy atom. The molecule has 0 bridgehead atoms. The second-order valence-corrected chi connectivity index (χ2v) is 4.93. The van der Waals surface area contributed by atoms with E-state index in [4.69, 9.17) is 4.74 Å². The van der Waals surface area contributed by atoms with Gasteiger partial charge in [0.15, 0.2) is 0 Å². The maximum absolute atomic E-state index is 11.1. The van der Waals surface area contributed by atoms with Crippen LogP contribution in [-0.4, -0.2) is 48.6 Å². The molecule has 0 radical (unpaired) electrons. The van der Waals surface area contributed by atoms with Crippen molar-refractivity contribution in [2.24, 2.45) is 0 Å². The van der Waals surface area contributed by atoms with Gasteiger partial charge >= 0.3 is 0 Å². The van der Waals surface area contributed by atoms with Gasteiger partial charge in [0.2, 0.25) is 0 Å². The van der Waals surface area contributed by atoms with E-state index >= 15 is 0 Å². The van der Waals surface area contributed by atoms with Crippen molar-refractivity contribution in [3.8, 4) is 5.75 Å². The van der Waals surface area contributed by atoms with Gasteiger partial charge in [0.25, 0.3) is 5.69 Å². The zero-order valence-corrected chi connectivity index (χ0v) is 12.3. The van der Waals surface area contributed by atoms with Gasteiger partial charge in [-0.2, -0.15) is 0 Å². The van der Waals surface area contributed by atoms with Crippen LogP contribution in [0.25, 0.3) is 0 Å². The van der Waals surface area contributed by atoms with Crippen molar-refractivity contribution in [1.29, 1.82) is 0 Å². The molecule has 2 rings (SSSR count). The summed E-state index contributed by atoms with van der Waals surface area (Å²) in [7, 11) is 3.52. The van der Waals surface area contributed by atoms with Gasteiger partial charge in [-0.1, -0.05) is 0 Å². The maximum atomic E-state index is 11.1. The largest absolute Gasteiger partial charge is 0.496 e. The molecular weight excluding hydrogens is 272 g/mol. The summed E-state index contributed by atoms with van der Waals surface area (Å²) in [6.07, 6.45) is 4.99.